The molecule has 1 aromatic carbocycles. The van der Waals surface area contributed by atoms with Crippen molar-refractivity contribution >= 4 is 27.8 Å². The Labute approximate surface area is 157 Å². The van der Waals surface area contributed by atoms with Gasteiger partial charge in [-0.1, -0.05) is 22.0 Å². The number of carbonyl (C=O) groups is 1. The van der Waals surface area contributed by atoms with Gasteiger partial charge in [0.2, 0.25) is 5.96 Å². The fourth-order valence-electron chi connectivity index (χ4n) is 5.17. The third-order valence-corrected chi connectivity index (χ3v) is 6.97. The lowest BCUT2D eigenvalue weighted by molar-refractivity contribution is -0.137. The maximum Gasteiger partial charge on any atom is 0.260 e. The molecule has 1 saturated carbocycles. The molecule has 0 radical (unpaired) electrons. The van der Waals surface area contributed by atoms with Crippen LogP contribution in [0.15, 0.2) is 27.7 Å². The summed E-state index contributed by atoms with van der Waals surface area (Å²) in [5, 5.41) is 3.56. The van der Waals surface area contributed by atoms with Crippen LogP contribution in [0.1, 0.15) is 36.8 Å². The minimum Gasteiger partial charge on any atom is -0.381 e. The zero-order valence-corrected chi connectivity index (χ0v) is 16.5. The number of nitrogens with zero attached hydrogens (tertiary/aromatic N) is 2. The molecular weight excluding hydrogens is 382 g/mol. The van der Waals surface area contributed by atoms with Gasteiger partial charge in [0, 0.05) is 31.1 Å². The Hall–Kier alpha value is -1.40. The van der Waals surface area contributed by atoms with Gasteiger partial charge >= 0.3 is 0 Å². The van der Waals surface area contributed by atoms with E-state index in [1.54, 1.807) is 19.1 Å². The summed E-state index contributed by atoms with van der Waals surface area (Å²) in [5.74, 6) is 0.770. The van der Waals surface area contributed by atoms with Crippen molar-refractivity contribution in [2.75, 3.05) is 21.2 Å². The van der Waals surface area contributed by atoms with Crippen LogP contribution >= 0.6 is 15.9 Å². The SMILES string of the molecule is CN=C1NC2(C(=O)N1C)c1cc(Br)ccc1CC21CCC(OC)CC1. The molecule has 0 aromatic heterocycles. The third-order valence-electron chi connectivity index (χ3n) is 6.48. The monoisotopic (exact) mass is 405 g/mol. The summed E-state index contributed by atoms with van der Waals surface area (Å²) in [7, 11) is 5.33. The van der Waals surface area contributed by atoms with Crippen LogP contribution in [-0.4, -0.2) is 44.1 Å². The molecule has 25 heavy (non-hydrogen) atoms. The molecule has 5 nitrogen and oxygen atoms in total. The summed E-state index contributed by atoms with van der Waals surface area (Å²) in [6.07, 6.45) is 5.15. The maximum atomic E-state index is 13.5. The molecule has 4 rings (SSSR count). The topological polar surface area (TPSA) is 53.9 Å². The molecule has 2 aliphatic carbocycles. The van der Waals surface area contributed by atoms with E-state index in [9.17, 15) is 4.79 Å². The first-order valence-electron chi connectivity index (χ1n) is 8.82. The number of benzene rings is 1. The Morgan fingerprint density at radius 3 is 2.68 bits per heavy atom. The van der Waals surface area contributed by atoms with E-state index < -0.39 is 5.54 Å². The smallest absolute Gasteiger partial charge is 0.260 e. The average Bonchev–Trinajstić information content (AvgIpc) is 3.04. The number of guanidine groups is 1. The van der Waals surface area contributed by atoms with Crippen molar-refractivity contribution in [3.05, 3.63) is 33.8 Å². The molecule has 134 valence electrons. The summed E-state index contributed by atoms with van der Waals surface area (Å²) in [6.45, 7) is 0. The number of fused-ring (bicyclic) bond motifs is 3. The number of nitrogens with one attached hydrogen (secondary N) is 1. The van der Waals surface area contributed by atoms with Gasteiger partial charge in [0.1, 0.15) is 0 Å². The Kier molecular flexibility index (Phi) is 3.96. The molecule has 1 N–H and O–H groups in total. The first kappa shape index (κ1) is 17.0. The lowest BCUT2D eigenvalue weighted by Crippen LogP contribution is -2.56. The first-order valence-corrected chi connectivity index (χ1v) is 9.61. The Balaban J connectivity index is 1.88. The molecule has 1 unspecified atom stereocenters. The van der Waals surface area contributed by atoms with E-state index in [4.69, 9.17) is 4.74 Å². The van der Waals surface area contributed by atoms with Gasteiger partial charge in [0.15, 0.2) is 5.54 Å². The molecule has 1 aliphatic heterocycles. The largest absolute Gasteiger partial charge is 0.381 e. The van der Waals surface area contributed by atoms with Gasteiger partial charge in [-0.25, -0.2) is 0 Å². The number of ether oxygens (including phenoxy) is 1. The zero-order chi connectivity index (χ0) is 17.8. The molecule has 1 aromatic rings. The predicted molar refractivity (Wildman–Crippen MR) is 100 cm³/mol. The molecule has 2 spiro atoms. The van der Waals surface area contributed by atoms with Crippen molar-refractivity contribution in [3.63, 3.8) is 0 Å². The van der Waals surface area contributed by atoms with E-state index in [1.165, 1.54) is 5.56 Å². The summed E-state index contributed by atoms with van der Waals surface area (Å²) >= 11 is 3.59. The highest BCUT2D eigenvalue weighted by Gasteiger charge is 2.66. The molecule has 1 saturated heterocycles. The van der Waals surface area contributed by atoms with Crippen molar-refractivity contribution in [2.45, 2.75) is 43.7 Å². The highest BCUT2D eigenvalue weighted by molar-refractivity contribution is 9.10. The normalized spacial score (nSPS) is 35.7. The second kappa shape index (κ2) is 5.81. The predicted octanol–water partition coefficient (Wildman–Crippen LogP) is 2.82. The van der Waals surface area contributed by atoms with Crippen LogP contribution in [0.2, 0.25) is 0 Å². The van der Waals surface area contributed by atoms with Crippen molar-refractivity contribution in [2.24, 2.45) is 10.4 Å². The molecule has 1 heterocycles. The Bertz CT molecular complexity index is 755. The molecule has 2 fully saturated rings. The van der Waals surface area contributed by atoms with Crippen molar-refractivity contribution < 1.29 is 9.53 Å². The fourth-order valence-corrected chi connectivity index (χ4v) is 5.53. The van der Waals surface area contributed by atoms with Gasteiger partial charge in [0.25, 0.3) is 5.91 Å². The fraction of sp³-hybridized carbons (Fsp3) is 0.579. The lowest BCUT2D eigenvalue weighted by atomic mass is 9.61. The van der Waals surface area contributed by atoms with Crippen molar-refractivity contribution in [3.8, 4) is 0 Å². The van der Waals surface area contributed by atoms with E-state index in [2.05, 4.69) is 44.4 Å². The van der Waals surface area contributed by atoms with Gasteiger partial charge in [-0.2, -0.15) is 0 Å². The number of likely N-dealkylation sites (N-methyl/N-ethyl adjacent to an activating group) is 1. The third kappa shape index (κ3) is 2.16. The highest BCUT2D eigenvalue weighted by atomic mass is 79.9. The highest BCUT2D eigenvalue weighted by Crippen LogP contribution is 2.60. The maximum absolute atomic E-state index is 13.5. The van der Waals surface area contributed by atoms with Gasteiger partial charge in [-0.15, -0.1) is 0 Å². The first-order chi connectivity index (χ1) is 12.0. The number of amides is 1. The second-order valence-corrected chi connectivity index (χ2v) is 8.40. The van der Waals surface area contributed by atoms with E-state index in [0.717, 1.165) is 42.1 Å². The van der Waals surface area contributed by atoms with Crippen LogP contribution in [0.25, 0.3) is 0 Å². The number of carbonyl (C=O) groups excluding carboxylic acids is 1. The molecular formula is C19H24BrN3O2. The summed E-state index contributed by atoms with van der Waals surface area (Å²) in [6, 6.07) is 6.35. The number of hydrogen-bond donors (Lipinski definition) is 1. The number of rotatable bonds is 1. The molecule has 6 heteroatoms. The van der Waals surface area contributed by atoms with E-state index in [0.29, 0.717) is 12.1 Å². The second-order valence-electron chi connectivity index (χ2n) is 7.48. The van der Waals surface area contributed by atoms with E-state index in [1.807, 2.05) is 7.05 Å². The minimum absolute atomic E-state index is 0.112. The van der Waals surface area contributed by atoms with Gasteiger partial charge in [-0.3, -0.25) is 14.7 Å². The van der Waals surface area contributed by atoms with Crippen LogP contribution < -0.4 is 5.32 Å². The molecule has 3 aliphatic rings. The molecule has 1 atom stereocenters. The van der Waals surface area contributed by atoms with Crippen LogP contribution in [0, 0.1) is 5.41 Å². The van der Waals surface area contributed by atoms with E-state index >= 15 is 0 Å². The number of hydrogen-bond acceptors (Lipinski definition) is 3. The zero-order valence-electron chi connectivity index (χ0n) is 14.9. The Morgan fingerprint density at radius 2 is 2.08 bits per heavy atom. The number of halogens is 1. The van der Waals surface area contributed by atoms with E-state index in [-0.39, 0.29) is 11.3 Å². The van der Waals surface area contributed by atoms with Crippen LogP contribution in [0.3, 0.4) is 0 Å². The van der Waals surface area contributed by atoms with Crippen LogP contribution in [-0.2, 0) is 21.5 Å². The summed E-state index contributed by atoms with van der Waals surface area (Å²) in [5.41, 5.74) is 1.54. The standard InChI is InChI=1S/C19H24BrN3O2/c1-21-17-22-19(16(24)23(17)2)15-10-13(20)5-4-12(15)11-18(19)8-6-14(25-3)7-9-18/h4-5,10,14H,6-9,11H2,1-3H3,(H,21,22). The van der Waals surface area contributed by atoms with Crippen molar-refractivity contribution in [1.29, 1.82) is 0 Å². The quantitative estimate of drug-likeness (QED) is 0.781. The summed E-state index contributed by atoms with van der Waals surface area (Å²) in [4.78, 5) is 19.5. The number of aliphatic imine (C=N–C) groups is 1. The molecule has 1 amide bonds. The average molecular weight is 406 g/mol. The summed E-state index contributed by atoms with van der Waals surface area (Å²) < 4.78 is 6.59. The lowest BCUT2D eigenvalue weighted by Gasteiger charge is -2.46. The Morgan fingerprint density at radius 1 is 1.36 bits per heavy atom. The minimum atomic E-state index is -0.714. The van der Waals surface area contributed by atoms with Gasteiger partial charge < -0.3 is 10.1 Å². The number of methoxy groups -OCH3 is 1. The van der Waals surface area contributed by atoms with Crippen LogP contribution in [0.5, 0.6) is 0 Å². The van der Waals surface area contributed by atoms with Gasteiger partial charge in [0.05, 0.1) is 6.10 Å². The van der Waals surface area contributed by atoms with Gasteiger partial charge in [-0.05, 0) is 55.4 Å². The van der Waals surface area contributed by atoms with Crippen molar-refractivity contribution in [1.82, 2.24) is 10.2 Å². The molecule has 0 bridgehead atoms. The van der Waals surface area contributed by atoms with Crippen LogP contribution in [0.4, 0.5) is 0 Å².